The Kier molecular flexibility index (Phi) is 7.36. The smallest absolute Gasteiger partial charge is 0.262 e. The topological polar surface area (TPSA) is 81.1 Å². The van der Waals surface area contributed by atoms with Gasteiger partial charge in [0.2, 0.25) is 5.91 Å². The number of fused-ring (bicyclic) bond motifs is 1. The van der Waals surface area contributed by atoms with Crippen LogP contribution in [0.15, 0.2) is 76.7 Å². The Balaban J connectivity index is 1.54. The number of nitrogens with zero attached hydrogens (tertiary/aromatic N) is 2. The van der Waals surface area contributed by atoms with Crippen LogP contribution in [0.25, 0.3) is 10.2 Å². The zero-order valence-electron chi connectivity index (χ0n) is 18.1. The summed E-state index contributed by atoms with van der Waals surface area (Å²) in [5.74, 6) is -0.899. The molecule has 6 nitrogen and oxygen atoms in total. The summed E-state index contributed by atoms with van der Waals surface area (Å²) < 4.78 is 1.64. The Bertz CT molecular complexity index is 1330. The van der Waals surface area contributed by atoms with Crippen molar-refractivity contribution in [3.05, 3.63) is 93.1 Å². The van der Waals surface area contributed by atoms with Gasteiger partial charge in [0.25, 0.3) is 11.5 Å². The average Bonchev–Trinajstić information content (AvgIpc) is 3.27. The van der Waals surface area contributed by atoms with E-state index in [9.17, 15) is 14.4 Å². The molecule has 0 spiro atoms. The van der Waals surface area contributed by atoms with Gasteiger partial charge in [0.15, 0.2) is 5.16 Å². The molecule has 2 heterocycles. The molecular weight excluding hydrogens is 454 g/mol. The molecule has 0 aliphatic carbocycles. The number of rotatable bonds is 8. The molecule has 0 bridgehead atoms. The summed E-state index contributed by atoms with van der Waals surface area (Å²) in [6.45, 7) is 2.50. The van der Waals surface area contributed by atoms with Crippen molar-refractivity contribution in [3.63, 3.8) is 0 Å². The normalized spacial score (nSPS) is 10.9. The fourth-order valence-electron chi connectivity index (χ4n) is 3.37. The van der Waals surface area contributed by atoms with Crippen LogP contribution < -0.4 is 10.9 Å². The number of nitrogens with one attached hydrogen (secondary N) is 1. The highest BCUT2D eigenvalue weighted by Gasteiger charge is 2.17. The number of aryl methyl sites for hydroxylation is 2. The van der Waals surface area contributed by atoms with Crippen LogP contribution in [0.4, 0.5) is 0 Å². The van der Waals surface area contributed by atoms with Crippen molar-refractivity contribution < 1.29 is 9.59 Å². The maximum absolute atomic E-state index is 13.3. The molecule has 0 saturated heterocycles. The van der Waals surface area contributed by atoms with E-state index in [1.165, 1.54) is 23.1 Å². The molecule has 0 atom stereocenters. The van der Waals surface area contributed by atoms with E-state index in [0.29, 0.717) is 33.9 Å². The number of carbonyl (C=O) groups excluding carboxylic acids is 2. The maximum Gasteiger partial charge on any atom is 0.262 e. The highest BCUT2D eigenvalue weighted by atomic mass is 32.2. The van der Waals surface area contributed by atoms with Crippen molar-refractivity contribution >= 4 is 45.1 Å². The van der Waals surface area contributed by atoms with Gasteiger partial charge in [0.05, 0.1) is 11.1 Å². The van der Waals surface area contributed by atoms with Crippen LogP contribution in [-0.4, -0.2) is 27.1 Å². The van der Waals surface area contributed by atoms with Crippen LogP contribution in [0.5, 0.6) is 0 Å². The Labute approximate surface area is 199 Å². The van der Waals surface area contributed by atoms with Crippen molar-refractivity contribution in [3.8, 4) is 0 Å². The first-order valence-electron chi connectivity index (χ1n) is 10.6. The molecular formula is C25H23N3O3S2. The van der Waals surface area contributed by atoms with Gasteiger partial charge in [-0.2, -0.15) is 0 Å². The highest BCUT2D eigenvalue weighted by Crippen LogP contribution is 2.25. The average molecular weight is 478 g/mol. The number of thiophene rings is 1. The van der Waals surface area contributed by atoms with Crippen LogP contribution in [-0.2, 0) is 24.2 Å². The summed E-state index contributed by atoms with van der Waals surface area (Å²) in [7, 11) is 0. The van der Waals surface area contributed by atoms with Crippen LogP contribution in [0.1, 0.15) is 27.7 Å². The van der Waals surface area contributed by atoms with E-state index in [-0.39, 0.29) is 11.3 Å². The van der Waals surface area contributed by atoms with E-state index in [2.05, 4.69) is 5.32 Å². The summed E-state index contributed by atoms with van der Waals surface area (Å²) in [6, 6.07) is 20.4. The first-order valence-corrected chi connectivity index (χ1v) is 12.4. The maximum atomic E-state index is 13.3. The second kappa shape index (κ2) is 10.6. The van der Waals surface area contributed by atoms with Gasteiger partial charge in [-0.05, 0) is 36.6 Å². The second-order valence-electron chi connectivity index (χ2n) is 7.40. The number of imide groups is 1. The monoisotopic (exact) mass is 477 g/mol. The number of thioether (sulfide) groups is 1. The lowest BCUT2D eigenvalue weighted by Crippen LogP contribution is -2.32. The molecule has 8 heteroatoms. The Morgan fingerprint density at radius 2 is 1.76 bits per heavy atom. The molecule has 2 aromatic carbocycles. The summed E-state index contributed by atoms with van der Waals surface area (Å²) in [5.41, 5.74) is 1.43. The first-order chi connectivity index (χ1) is 16.0. The molecule has 0 fully saturated rings. The molecule has 0 unspecified atom stereocenters. The van der Waals surface area contributed by atoms with Gasteiger partial charge >= 0.3 is 0 Å². The molecule has 2 amide bonds. The standard InChI is InChI=1S/C25H23N3O3S2/c1-2-19-15-20-23(33-19)27-25(28(24(20)31)14-13-17-9-5-3-6-10-17)32-16-21(29)26-22(30)18-11-7-4-8-12-18/h3-12,15H,2,13-14,16H2,1H3,(H,26,29,30). The molecule has 33 heavy (non-hydrogen) atoms. The largest absolute Gasteiger partial charge is 0.292 e. The lowest BCUT2D eigenvalue weighted by atomic mass is 10.1. The predicted molar refractivity (Wildman–Crippen MR) is 133 cm³/mol. The number of hydrogen-bond donors (Lipinski definition) is 1. The predicted octanol–water partition coefficient (Wildman–Crippen LogP) is 4.31. The molecule has 2 aromatic heterocycles. The third-order valence-electron chi connectivity index (χ3n) is 5.10. The zero-order valence-corrected chi connectivity index (χ0v) is 19.7. The first kappa shape index (κ1) is 22.9. The number of benzene rings is 2. The lowest BCUT2D eigenvalue weighted by molar-refractivity contribution is -0.117. The van der Waals surface area contributed by atoms with Gasteiger partial charge in [0.1, 0.15) is 4.83 Å². The molecule has 4 aromatic rings. The van der Waals surface area contributed by atoms with Crippen LogP contribution in [0, 0.1) is 0 Å². The minimum atomic E-state index is -0.447. The minimum absolute atomic E-state index is 0.0200. The van der Waals surface area contributed by atoms with Crippen LogP contribution in [0.2, 0.25) is 0 Å². The molecule has 4 rings (SSSR count). The number of carbonyl (C=O) groups is 2. The van der Waals surface area contributed by atoms with E-state index >= 15 is 0 Å². The second-order valence-corrected chi connectivity index (χ2v) is 9.46. The molecule has 0 aliphatic heterocycles. The van der Waals surface area contributed by atoms with E-state index in [1.54, 1.807) is 34.9 Å². The fraction of sp³-hybridized carbons (Fsp3) is 0.200. The van der Waals surface area contributed by atoms with E-state index in [0.717, 1.165) is 16.9 Å². The van der Waals surface area contributed by atoms with Crippen molar-refractivity contribution in [2.75, 3.05) is 5.75 Å². The van der Waals surface area contributed by atoms with E-state index < -0.39 is 11.8 Å². The van der Waals surface area contributed by atoms with Crippen molar-refractivity contribution in [2.24, 2.45) is 0 Å². The van der Waals surface area contributed by atoms with Crippen molar-refractivity contribution in [2.45, 2.75) is 31.5 Å². The molecule has 0 radical (unpaired) electrons. The van der Waals surface area contributed by atoms with Gasteiger partial charge in [-0.3, -0.25) is 24.3 Å². The van der Waals surface area contributed by atoms with Crippen LogP contribution in [0.3, 0.4) is 0 Å². The molecule has 0 saturated carbocycles. The summed E-state index contributed by atoms with van der Waals surface area (Å²) >= 11 is 2.67. The molecule has 1 N–H and O–H groups in total. The Morgan fingerprint density at radius 3 is 2.45 bits per heavy atom. The third-order valence-corrected chi connectivity index (χ3v) is 7.25. The number of hydrogen-bond acceptors (Lipinski definition) is 6. The lowest BCUT2D eigenvalue weighted by Gasteiger charge is -2.12. The Hall–Kier alpha value is -3.23. The van der Waals surface area contributed by atoms with Crippen LogP contribution >= 0.6 is 23.1 Å². The number of amides is 2. The summed E-state index contributed by atoms with van der Waals surface area (Å²) in [6.07, 6.45) is 1.50. The molecule has 168 valence electrons. The van der Waals surface area contributed by atoms with Gasteiger partial charge in [-0.1, -0.05) is 67.2 Å². The fourth-order valence-corrected chi connectivity index (χ4v) is 5.20. The van der Waals surface area contributed by atoms with Gasteiger partial charge in [-0.25, -0.2) is 4.98 Å². The van der Waals surface area contributed by atoms with Gasteiger partial charge in [-0.15, -0.1) is 11.3 Å². The van der Waals surface area contributed by atoms with E-state index in [1.807, 2.05) is 43.3 Å². The third kappa shape index (κ3) is 5.58. The number of aromatic nitrogens is 2. The quantitative estimate of drug-likeness (QED) is 0.302. The van der Waals surface area contributed by atoms with E-state index in [4.69, 9.17) is 4.98 Å². The minimum Gasteiger partial charge on any atom is -0.292 e. The molecule has 0 aliphatic rings. The van der Waals surface area contributed by atoms with Gasteiger partial charge in [0, 0.05) is 17.0 Å². The Morgan fingerprint density at radius 1 is 1.06 bits per heavy atom. The summed E-state index contributed by atoms with van der Waals surface area (Å²) in [5, 5.41) is 3.49. The van der Waals surface area contributed by atoms with Crippen molar-refractivity contribution in [1.82, 2.24) is 14.9 Å². The van der Waals surface area contributed by atoms with Crippen molar-refractivity contribution in [1.29, 1.82) is 0 Å². The summed E-state index contributed by atoms with van der Waals surface area (Å²) in [4.78, 5) is 44.4. The SMILES string of the molecule is CCc1cc2c(=O)n(CCc3ccccc3)c(SCC(=O)NC(=O)c3ccccc3)nc2s1. The highest BCUT2D eigenvalue weighted by molar-refractivity contribution is 7.99. The zero-order chi connectivity index (χ0) is 23.2. The van der Waals surface area contributed by atoms with Gasteiger partial charge < -0.3 is 0 Å².